The first-order chi connectivity index (χ1) is 9.13. The number of unbranched alkanes of at least 4 members (excludes halogenated alkanes) is 2. The molecule has 0 saturated heterocycles. The van der Waals surface area contributed by atoms with Crippen LogP contribution in [0.25, 0.3) is 0 Å². The van der Waals surface area contributed by atoms with Crippen molar-refractivity contribution in [3.8, 4) is 0 Å². The largest absolute Gasteiger partial charge is 0.354 e. The topological polar surface area (TPSA) is 55.1 Å². The van der Waals surface area contributed by atoms with Crippen LogP contribution in [0.2, 0.25) is 0 Å². The molecule has 0 spiro atoms. The van der Waals surface area contributed by atoms with E-state index < -0.39 is 0 Å². The number of nitrogens with one attached hydrogen (secondary N) is 1. The number of carbonyl (C=O) groups excluding carboxylic acids is 1. The fourth-order valence-electron chi connectivity index (χ4n) is 2.53. The quantitative estimate of drug-likeness (QED) is 0.532. The molecule has 3 nitrogen and oxygen atoms in total. The third kappa shape index (κ3) is 11.0. The van der Waals surface area contributed by atoms with E-state index in [0.29, 0.717) is 18.4 Å². The summed E-state index contributed by atoms with van der Waals surface area (Å²) in [4.78, 5) is 11.9. The molecule has 2 unspecified atom stereocenters. The zero-order chi connectivity index (χ0) is 14.5. The zero-order valence-electron chi connectivity index (χ0n) is 13.2. The highest BCUT2D eigenvalue weighted by molar-refractivity contribution is 5.76. The molecule has 2 atom stereocenters. The third-order valence-electron chi connectivity index (χ3n) is 3.70. The summed E-state index contributed by atoms with van der Waals surface area (Å²) in [5.74, 6) is 0.832. The summed E-state index contributed by atoms with van der Waals surface area (Å²) in [5.41, 5.74) is 5.61. The second kappa shape index (κ2) is 12.5. The predicted octanol–water partition coefficient (Wildman–Crippen LogP) is 3.62. The van der Waals surface area contributed by atoms with Crippen molar-refractivity contribution < 1.29 is 4.79 Å². The van der Waals surface area contributed by atoms with Gasteiger partial charge in [0.1, 0.15) is 0 Å². The smallest absolute Gasteiger partial charge is 0.220 e. The van der Waals surface area contributed by atoms with Crippen LogP contribution in [0.15, 0.2) is 0 Å². The van der Waals surface area contributed by atoms with Crippen molar-refractivity contribution in [3.05, 3.63) is 0 Å². The minimum atomic E-state index is 0.210. The summed E-state index contributed by atoms with van der Waals surface area (Å²) in [6, 6.07) is 0.318. The van der Waals surface area contributed by atoms with E-state index in [1.165, 1.54) is 32.1 Å². The molecule has 0 rings (SSSR count). The fourth-order valence-corrected chi connectivity index (χ4v) is 2.53. The molecule has 0 aromatic heterocycles. The molecular formula is C16H34N2O. The van der Waals surface area contributed by atoms with Crippen LogP contribution in [0.1, 0.15) is 78.6 Å². The lowest BCUT2D eigenvalue weighted by molar-refractivity contribution is -0.122. The molecule has 3 N–H and O–H groups in total. The molecule has 19 heavy (non-hydrogen) atoms. The Kier molecular flexibility index (Phi) is 12.1. The van der Waals surface area contributed by atoms with Crippen molar-refractivity contribution in [3.63, 3.8) is 0 Å². The molecule has 1 amide bonds. The maximum atomic E-state index is 11.9. The summed E-state index contributed by atoms with van der Waals surface area (Å²) in [7, 11) is 0. The van der Waals surface area contributed by atoms with Crippen LogP contribution in [0, 0.1) is 5.92 Å². The Morgan fingerprint density at radius 3 is 2.37 bits per heavy atom. The highest BCUT2D eigenvalue weighted by Crippen LogP contribution is 2.17. The summed E-state index contributed by atoms with van der Waals surface area (Å²) in [6.45, 7) is 7.24. The van der Waals surface area contributed by atoms with E-state index in [-0.39, 0.29) is 5.91 Å². The van der Waals surface area contributed by atoms with E-state index in [9.17, 15) is 4.79 Å². The summed E-state index contributed by atoms with van der Waals surface area (Å²) in [5, 5.41) is 3.11. The Hall–Kier alpha value is -0.570. The Bertz CT molecular complexity index is 213. The Labute approximate surface area is 119 Å². The molecular weight excluding hydrogens is 236 g/mol. The molecule has 3 heteroatoms. The third-order valence-corrected chi connectivity index (χ3v) is 3.70. The van der Waals surface area contributed by atoms with Crippen molar-refractivity contribution in [1.29, 1.82) is 0 Å². The van der Waals surface area contributed by atoms with Crippen molar-refractivity contribution in [2.24, 2.45) is 11.7 Å². The van der Waals surface area contributed by atoms with Gasteiger partial charge in [-0.3, -0.25) is 4.79 Å². The second-order valence-electron chi connectivity index (χ2n) is 5.74. The van der Waals surface area contributed by atoms with E-state index >= 15 is 0 Å². The molecule has 0 aliphatic heterocycles. The molecule has 0 aromatic rings. The minimum Gasteiger partial charge on any atom is -0.354 e. The van der Waals surface area contributed by atoms with Crippen LogP contribution in [0.4, 0.5) is 0 Å². The Morgan fingerprint density at radius 1 is 1.05 bits per heavy atom. The van der Waals surface area contributed by atoms with Gasteiger partial charge in [0.15, 0.2) is 0 Å². The molecule has 0 aliphatic carbocycles. The lowest BCUT2D eigenvalue weighted by Crippen LogP contribution is -2.32. The van der Waals surface area contributed by atoms with Gasteiger partial charge in [-0.25, -0.2) is 0 Å². The number of rotatable bonds is 12. The van der Waals surface area contributed by atoms with Gasteiger partial charge >= 0.3 is 0 Å². The maximum Gasteiger partial charge on any atom is 0.220 e. The van der Waals surface area contributed by atoms with Gasteiger partial charge in [-0.15, -0.1) is 0 Å². The number of hydrogen-bond acceptors (Lipinski definition) is 2. The first-order valence-corrected chi connectivity index (χ1v) is 8.13. The number of amides is 1. The van der Waals surface area contributed by atoms with Crippen LogP contribution in [0.5, 0.6) is 0 Å². The maximum absolute atomic E-state index is 11.9. The predicted molar refractivity (Wildman–Crippen MR) is 83.1 cm³/mol. The number of carbonyl (C=O) groups is 1. The van der Waals surface area contributed by atoms with E-state index in [1.807, 2.05) is 0 Å². The minimum absolute atomic E-state index is 0.210. The molecule has 0 fully saturated rings. The molecule has 0 aliphatic rings. The molecule has 0 aromatic carbocycles. The second-order valence-corrected chi connectivity index (χ2v) is 5.74. The van der Waals surface area contributed by atoms with Crippen molar-refractivity contribution >= 4 is 5.91 Å². The first-order valence-electron chi connectivity index (χ1n) is 8.13. The standard InChI is InChI=1S/C16H34N2O/c1-4-6-7-9-14(3)18-16(19)11-10-15(8-5-2)12-13-17/h14-15H,4-13,17H2,1-3H3,(H,18,19). The van der Waals surface area contributed by atoms with Crippen LogP contribution >= 0.6 is 0 Å². The highest BCUT2D eigenvalue weighted by atomic mass is 16.1. The SMILES string of the molecule is CCCCCC(C)NC(=O)CCC(CCC)CCN. The Balaban J connectivity index is 3.76. The van der Waals surface area contributed by atoms with E-state index in [2.05, 4.69) is 26.1 Å². The monoisotopic (exact) mass is 270 g/mol. The number of hydrogen-bond donors (Lipinski definition) is 2. The van der Waals surface area contributed by atoms with Crippen molar-refractivity contribution in [2.45, 2.75) is 84.6 Å². The molecule has 0 bridgehead atoms. The average molecular weight is 270 g/mol. The van der Waals surface area contributed by atoms with Crippen LogP contribution in [0.3, 0.4) is 0 Å². The average Bonchev–Trinajstić information content (AvgIpc) is 2.37. The lowest BCUT2D eigenvalue weighted by atomic mass is 9.94. The van der Waals surface area contributed by atoms with Gasteiger partial charge in [0.05, 0.1) is 0 Å². The van der Waals surface area contributed by atoms with Crippen molar-refractivity contribution in [1.82, 2.24) is 5.32 Å². The molecule has 0 radical (unpaired) electrons. The lowest BCUT2D eigenvalue weighted by Gasteiger charge is -2.17. The molecule has 0 saturated carbocycles. The van der Waals surface area contributed by atoms with E-state index in [0.717, 1.165) is 25.8 Å². The van der Waals surface area contributed by atoms with E-state index in [1.54, 1.807) is 0 Å². The van der Waals surface area contributed by atoms with Crippen molar-refractivity contribution in [2.75, 3.05) is 6.54 Å². The molecule has 0 heterocycles. The van der Waals surface area contributed by atoms with Crippen LogP contribution in [-0.4, -0.2) is 18.5 Å². The Morgan fingerprint density at radius 2 is 1.79 bits per heavy atom. The van der Waals surface area contributed by atoms with Gasteiger partial charge in [0, 0.05) is 12.5 Å². The van der Waals surface area contributed by atoms with Crippen LogP contribution in [-0.2, 0) is 4.79 Å². The van der Waals surface area contributed by atoms with E-state index in [4.69, 9.17) is 5.73 Å². The van der Waals surface area contributed by atoms with Crippen LogP contribution < -0.4 is 11.1 Å². The summed E-state index contributed by atoms with van der Waals surface area (Å²) in [6.07, 6.45) is 9.86. The van der Waals surface area contributed by atoms with Gasteiger partial charge in [0.25, 0.3) is 0 Å². The summed E-state index contributed by atoms with van der Waals surface area (Å²) < 4.78 is 0. The van der Waals surface area contributed by atoms with Gasteiger partial charge in [-0.1, -0.05) is 46.0 Å². The van der Waals surface area contributed by atoms with Gasteiger partial charge in [0.2, 0.25) is 5.91 Å². The van der Waals surface area contributed by atoms with Gasteiger partial charge in [-0.05, 0) is 38.6 Å². The fraction of sp³-hybridized carbons (Fsp3) is 0.938. The normalized spacial score (nSPS) is 14.1. The molecule has 114 valence electrons. The van der Waals surface area contributed by atoms with Gasteiger partial charge < -0.3 is 11.1 Å². The number of nitrogens with two attached hydrogens (primary N) is 1. The zero-order valence-corrected chi connectivity index (χ0v) is 13.2. The summed E-state index contributed by atoms with van der Waals surface area (Å²) >= 11 is 0. The van der Waals surface area contributed by atoms with Gasteiger partial charge in [-0.2, -0.15) is 0 Å². The first kappa shape index (κ1) is 18.4. The highest BCUT2D eigenvalue weighted by Gasteiger charge is 2.11.